The molecule has 0 aromatic heterocycles. The van der Waals surface area contributed by atoms with Crippen molar-refractivity contribution in [1.82, 2.24) is 0 Å². The van der Waals surface area contributed by atoms with Gasteiger partial charge in [0.25, 0.3) is 0 Å². The zero-order valence-electron chi connectivity index (χ0n) is 15.1. The highest BCUT2D eigenvalue weighted by Crippen LogP contribution is 2.30. The molecule has 0 aliphatic carbocycles. The van der Waals surface area contributed by atoms with Gasteiger partial charge >= 0.3 is 0 Å². The summed E-state index contributed by atoms with van der Waals surface area (Å²) in [6.07, 6.45) is 0. The number of amides is 1. The largest absolute Gasteiger partial charge is 0.497 e. The number of anilines is 2. The Labute approximate surface area is 152 Å². The van der Waals surface area contributed by atoms with Crippen molar-refractivity contribution < 1.29 is 14.3 Å². The van der Waals surface area contributed by atoms with Gasteiger partial charge < -0.3 is 20.1 Å². The molecule has 5 heteroatoms. The summed E-state index contributed by atoms with van der Waals surface area (Å²) in [5, 5.41) is 8.28. The minimum Gasteiger partial charge on any atom is -0.497 e. The number of carbonyl (C=O) groups is 1. The van der Waals surface area contributed by atoms with E-state index in [4.69, 9.17) is 9.47 Å². The Morgan fingerprint density at radius 3 is 2.46 bits per heavy atom. The first-order valence-corrected chi connectivity index (χ1v) is 8.39. The Hall–Kier alpha value is -3.21. The summed E-state index contributed by atoms with van der Waals surface area (Å²) in [7, 11) is 3.18. The number of fused-ring (bicyclic) bond motifs is 1. The first kappa shape index (κ1) is 17.6. The molecule has 3 aromatic carbocycles. The third-order valence-electron chi connectivity index (χ3n) is 4.22. The number of rotatable bonds is 6. The van der Waals surface area contributed by atoms with Gasteiger partial charge in [0.1, 0.15) is 17.5 Å². The fraction of sp³-hybridized carbons (Fsp3) is 0.190. The Morgan fingerprint density at radius 2 is 1.69 bits per heavy atom. The molecular formula is C21H22N2O3. The van der Waals surface area contributed by atoms with E-state index in [0.29, 0.717) is 11.5 Å². The van der Waals surface area contributed by atoms with Gasteiger partial charge in [0.05, 0.1) is 19.9 Å². The quantitative estimate of drug-likeness (QED) is 0.696. The van der Waals surface area contributed by atoms with Crippen LogP contribution in [-0.2, 0) is 4.79 Å². The maximum absolute atomic E-state index is 12.6. The number of carbonyl (C=O) groups excluding carboxylic acids is 1. The highest BCUT2D eigenvalue weighted by atomic mass is 16.5. The van der Waals surface area contributed by atoms with Gasteiger partial charge in [0.2, 0.25) is 5.91 Å². The molecule has 0 spiro atoms. The molecule has 2 N–H and O–H groups in total. The summed E-state index contributed by atoms with van der Waals surface area (Å²) in [5.74, 6) is 1.19. The number of ether oxygens (including phenoxy) is 2. The van der Waals surface area contributed by atoms with E-state index in [0.717, 1.165) is 22.1 Å². The first-order chi connectivity index (χ1) is 12.6. The lowest BCUT2D eigenvalue weighted by Crippen LogP contribution is -2.32. The predicted octanol–water partition coefficient (Wildman–Crippen LogP) is 4.30. The van der Waals surface area contributed by atoms with Crippen molar-refractivity contribution >= 4 is 28.1 Å². The van der Waals surface area contributed by atoms with Gasteiger partial charge in [-0.05, 0) is 30.5 Å². The lowest BCUT2D eigenvalue weighted by Gasteiger charge is -2.18. The fourth-order valence-corrected chi connectivity index (χ4v) is 2.79. The van der Waals surface area contributed by atoms with Gasteiger partial charge in [-0.2, -0.15) is 0 Å². The average Bonchev–Trinajstić information content (AvgIpc) is 2.68. The van der Waals surface area contributed by atoms with Gasteiger partial charge in [-0.3, -0.25) is 4.79 Å². The summed E-state index contributed by atoms with van der Waals surface area (Å²) in [4.78, 5) is 12.6. The van der Waals surface area contributed by atoms with Crippen molar-refractivity contribution in [2.45, 2.75) is 13.0 Å². The smallest absolute Gasteiger partial charge is 0.246 e. The zero-order valence-corrected chi connectivity index (χ0v) is 15.1. The van der Waals surface area contributed by atoms with Crippen LogP contribution < -0.4 is 20.1 Å². The van der Waals surface area contributed by atoms with Crippen molar-refractivity contribution in [3.8, 4) is 11.5 Å². The van der Waals surface area contributed by atoms with Gasteiger partial charge in [-0.15, -0.1) is 0 Å². The molecule has 134 valence electrons. The lowest BCUT2D eigenvalue weighted by molar-refractivity contribution is -0.116. The van der Waals surface area contributed by atoms with E-state index in [9.17, 15) is 4.79 Å². The molecule has 1 atom stereocenters. The van der Waals surface area contributed by atoms with Crippen LogP contribution in [0, 0.1) is 0 Å². The summed E-state index contributed by atoms with van der Waals surface area (Å²) in [5.41, 5.74) is 1.53. The number of methoxy groups -OCH3 is 2. The predicted molar refractivity (Wildman–Crippen MR) is 105 cm³/mol. The molecule has 0 bridgehead atoms. The van der Waals surface area contributed by atoms with E-state index in [-0.39, 0.29) is 5.91 Å². The SMILES string of the molecule is COc1ccc(NC(C)C(=O)Nc2cccc3ccccc23)c(OC)c1. The first-order valence-electron chi connectivity index (χ1n) is 8.39. The van der Waals surface area contributed by atoms with Crippen molar-refractivity contribution in [1.29, 1.82) is 0 Å². The highest BCUT2D eigenvalue weighted by molar-refractivity contribution is 6.04. The fourth-order valence-electron chi connectivity index (χ4n) is 2.79. The maximum atomic E-state index is 12.6. The van der Waals surface area contributed by atoms with Gasteiger partial charge in [0.15, 0.2) is 0 Å². The normalized spacial score (nSPS) is 11.7. The topological polar surface area (TPSA) is 59.6 Å². The van der Waals surface area contributed by atoms with Crippen LogP contribution in [0.5, 0.6) is 11.5 Å². The monoisotopic (exact) mass is 350 g/mol. The third-order valence-corrected chi connectivity index (χ3v) is 4.22. The van der Waals surface area contributed by atoms with Crippen molar-refractivity contribution in [3.63, 3.8) is 0 Å². The van der Waals surface area contributed by atoms with Crippen LogP contribution in [0.25, 0.3) is 10.8 Å². The summed E-state index contributed by atoms with van der Waals surface area (Å²) in [6, 6.07) is 18.8. The molecule has 0 saturated carbocycles. The van der Waals surface area contributed by atoms with Crippen LogP contribution in [0.2, 0.25) is 0 Å². The minimum atomic E-state index is -0.448. The van der Waals surface area contributed by atoms with Crippen LogP contribution in [0.1, 0.15) is 6.92 Å². The molecule has 0 aliphatic heterocycles. The van der Waals surface area contributed by atoms with Crippen LogP contribution in [0.3, 0.4) is 0 Å². The van der Waals surface area contributed by atoms with E-state index in [1.165, 1.54) is 0 Å². The highest BCUT2D eigenvalue weighted by Gasteiger charge is 2.16. The average molecular weight is 350 g/mol. The molecule has 3 aromatic rings. The molecule has 0 saturated heterocycles. The summed E-state index contributed by atoms with van der Waals surface area (Å²) < 4.78 is 10.6. The molecule has 0 aliphatic rings. The van der Waals surface area contributed by atoms with Crippen molar-refractivity contribution in [2.75, 3.05) is 24.9 Å². The van der Waals surface area contributed by atoms with Crippen LogP contribution in [0.4, 0.5) is 11.4 Å². The second kappa shape index (κ2) is 7.78. The van der Waals surface area contributed by atoms with Gasteiger partial charge in [0, 0.05) is 17.1 Å². The minimum absolute atomic E-state index is 0.126. The zero-order chi connectivity index (χ0) is 18.5. The van der Waals surface area contributed by atoms with E-state index in [1.807, 2.05) is 61.5 Å². The van der Waals surface area contributed by atoms with Crippen molar-refractivity contribution in [3.05, 3.63) is 60.7 Å². The van der Waals surface area contributed by atoms with Crippen LogP contribution in [-0.4, -0.2) is 26.2 Å². The van der Waals surface area contributed by atoms with E-state index in [2.05, 4.69) is 10.6 Å². The second-order valence-electron chi connectivity index (χ2n) is 5.95. The summed E-state index contributed by atoms with van der Waals surface area (Å²) >= 11 is 0. The molecular weight excluding hydrogens is 328 g/mol. The van der Waals surface area contributed by atoms with Crippen LogP contribution in [0.15, 0.2) is 60.7 Å². The molecule has 5 nitrogen and oxygen atoms in total. The molecule has 26 heavy (non-hydrogen) atoms. The van der Waals surface area contributed by atoms with Crippen LogP contribution >= 0.6 is 0 Å². The Balaban J connectivity index is 1.76. The Bertz CT molecular complexity index is 919. The molecule has 1 amide bonds. The van der Waals surface area contributed by atoms with Gasteiger partial charge in [-0.1, -0.05) is 36.4 Å². The Morgan fingerprint density at radius 1 is 0.923 bits per heavy atom. The van der Waals surface area contributed by atoms with Crippen molar-refractivity contribution in [2.24, 2.45) is 0 Å². The molecule has 0 heterocycles. The number of hydrogen-bond acceptors (Lipinski definition) is 4. The van der Waals surface area contributed by atoms with E-state index in [1.54, 1.807) is 20.3 Å². The number of nitrogens with one attached hydrogen (secondary N) is 2. The molecule has 0 radical (unpaired) electrons. The lowest BCUT2D eigenvalue weighted by atomic mass is 10.1. The second-order valence-corrected chi connectivity index (χ2v) is 5.95. The number of hydrogen-bond donors (Lipinski definition) is 2. The Kier molecular flexibility index (Phi) is 5.27. The van der Waals surface area contributed by atoms with Gasteiger partial charge in [-0.25, -0.2) is 0 Å². The molecule has 0 fully saturated rings. The molecule has 1 unspecified atom stereocenters. The molecule has 3 rings (SSSR count). The third kappa shape index (κ3) is 3.72. The maximum Gasteiger partial charge on any atom is 0.246 e. The standard InChI is InChI=1S/C21H22N2O3/c1-14(22-19-12-11-16(25-2)13-20(19)26-3)21(24)23-18-10-6-8-15-7-4-5-9-17(15)18/h4-14,22H,1-3H3,(H,23,24). The van der Waals surface area contributed by atoms with E-state index < -0.39 is 6.04 Å². The number of benzene rings is 3. The summed E-state index contributed by atoms with van der Waals surface area (Å²) in [6.45, 7) is 1.81. The van der Waals surface area contributed by atoms with E-state index >= 15 is 0 Å².